The van der Waals surface area contributed by atoms with Crippen LogP contribution >= 0.6 is 0 Å². The standard InChI is InChI=1S/C20H23N/c1-3-5-6-7-8-9-11-16-19(17-20(21)4-2)18-14-12-10-13-15-18/h3-8,10-17H,1,9,21H2,2H3/b6-5-,8-7-,16-11+,19-17+,20-4+. The van der Waals surface area contributed by atoms with Gasteiger partial charge in [-0.05, 0) is 30.6 Å². The lowest BCUT2D eigenvalue weighted by molar-refractivity contribution is 1.38. The van der Waals surface area contributed by atoms with Crippen LogP contribution in [0.25, 0.3) is 5.57 Å². The van der Waals surface area contributed by atoms with Crippen molar-refractivity contribution >= 4 is 5.57 Å². The average Bonchev–Trinajstić information content (AvgIpc) is 2.53. The molecule has 1 aromatic carbocycles. The third-order valence-electron chi connectivity index (χ3n) is 2.83. The highest BCUT2D eigenvalue weighted by Gasteiger charge is 1.96. The number of rotatable bonds is 7. The first-order chi connectivity index (χ1) is 10.3. The average molecular weight is 277 g/mol. The van der Waals surface area contributed by atoms with Crippen LogP contribution in [0.4, 0.5) is 0 Å². The maximum absolute atomic E-state index is 5.91. The summed E-state index contributed by atoms with van der Waals surface area (Å²) in [4.78, 5) is 0. The monoisotopic (exact) mass is 277 g/mol. The van der Waals surface area contributed by atoms with Gasteiger partial charge in [0, 0.05) is 5.70 Å². The van der Waals surface area contributed by atoms with Crippen molar-refractivity contribution in [3.05, 3.63) is 103 Å². The lowest BCUT2D eigenvalue weighted by Crippen LogP contribution is -1.93. The fourth-order valence-electron chi connectivity index (χ4n) is 1.69. The number of hydrogen-bond acceptors (Lipinski definition) is 1. The number of nitrogens with two attached hydrogens (primary N) is 1. The molecule has 0 radical (unpaired) electrons. The van der Waals surface area contributed by atoms with E-state index in [0.717, 1.165) is 23.3 Å². The summed E-state index contributed by atoms with van der Waals surface area (Å²) < 4.78 is 0. The Bertz CT molecular complexity index is 569. The van der Waals surface area contributed by atoms with E-state index in [4.69, 9.17) is 5.73 Å². The van der Waals surface area contributed by atoms with Crippen LogP contribution in [0.5, 0.6) is 0 Å². The summed E-state index contributed by atoms with van der Waals surface area (Å²) in [5.74, 6) is 0. The minimum Gasteiger partial charge on any atom is -0.399 e. The molecule has 108 valence electrons. The molecule has 0 heterocycles. The Morgan fingerprint density at radius 3 is 2.52 bits per heavy atom. The molecule has 0 spiro atoms. The normalized spacial score (nSPS) is 13.6. The molecule has 2 N–H and O–H groups in total. The highest BCUT2D eigenvalue weighted by molar-refractivity contribution is 5.75. The van der Waals surface area contributed by atoms with Gasteiger partial charge >= 0.3 is 0 Å². The molecule has 0 bridgehead atoms. The van der Waals surface area contributed by atoms with Gasteiger partial charge in [0.2, 0.25) is 0 Å². The van der Waals surface area contributed by atoms with E-state index >= 15 is 0 Å². The minimum absolute atomic E-state index is 0.767. The van der Waals surface area contributed by atoms with Crippen molar-refractivity contribution in [2.24, 2.45) is 5.73 Å². The summed E-state index contributed by atoms with van der Waals surface area (Å²) in [7, 11) is 0. The van der Waals surface area contributed by atoms with Gasteiger partial charge < -0.3 is 5.73 Å². The van der Waals surface area contributed by atoms with Crippen molar-refractivity contribution in [1.29, 1.82) is 0 Å². The van der Waals surface area contributed by atoms with Crippen LogP contribution in [0.15, 0.2) is 97.3 Å². The Balaban J connectivity index is 2.80. The Morgan fingerprint density at radius 2 is 1.86 bits per heavy atom. The lowest BCUT2D eigenvalue weighted by atomic mass is 10.0. The topological polar surface area (TPSA) is 26.0 Å². The van der Waals surface area contributed by atoms with Crippen LogP contribution in [0.3, 0.4) is 0 Å². The van der Waals surface area contributed by atoms with Gasteiger partial charge in [-0.2, -0.15) is 0 Å². The third-order valence-corrected chi connectivity index (χ3v) is 2.83. The summed E-state index contributed by atoms with van der Waals surface area (Å²) in [5, 5.41) is 0. The fraction of sp³-hybridized carbons (Fsp3) is 0.100. The van der Waals surface area contributed by atoms with Gasteiger partial charge in [0.25, 0.3) is 0 Å². The van der Waals surface area contributed by atoms with Crippen LogP contribution in [0.1, 0.15) is 18.9 Å². The van der Waals surface area contributed by atoms with E-state index in [1.54, 1.807) is 6.08 Å². The summed E-state index contributed by atoms with van der Waals surface area (Å²) in [6.45, 7) is 5.57. The van der Waals surface area contributed by atoms with E-state index in [-0.39, 0.29) is 0 Å². The summed E-state index contributed by atoms with van der Waals surface area (Å²) in [5.41, 5.74) is 8.95. The van der Waals surface area contributed by atoms with Crippen LogP contribution in [0, 0.1) is 0 Å². The second-order valence-electron chi connectivity index (χ2n) is 4.44. The predicted octanol–water partition coefficient (Wildman–Crippen LogP) is 5.18. The molecule has 0 aliphatic rings. The third kappa shape index (κ3) is 6.98. The molecule has 1 rings (SSSR count). The van der Waals surface area contributed by atoms with Gasteiger partial charge in [0.05, 0.1) is 0 Å². The first kappa shape index (κ1) is 16.5. The maximum Gasteiger partial charge on any atom is 0.0276 e. The molecule has 0 saturated heterocycles. The zero-order chi connectivity index (χ0) is 15.3. The summed E-state index contributed by atoms with van der Waals surface area (Å²) in [6.07, 6.45) is 18.7. The molecule has 0 aliphatic heterocycles. The molecule has 1 aromatic rings. The molecule has 1 nitrogen and oxygen atoms in total. The predicted molar refractivity (Wildman–Crippen MR) is 94.6 cm³/mol. The van der Waals surface area contributed by atoms with Crippen molar-refractivity contribution < 1.29 is 0 Å². The van der Waals surface area contributed by atoms with Gasteiger partial charge in [0.15, 0.2) is 0 Å². The quantitative estimate of drug-likeness (QED) is 0.683. The fourth-order valence-corrected chi connectivity index (χ4v) is 1.69. The first-order valence-electron chi connectivity index (χ1n) is 7.07. The van der Waals surface area contributed by atoms with Gasteiger partial charge in [-0.15, -0.1) is 0 Å². The zero-order valence-corrected chi connectivity index (χ0v) is 12.6. The molecule has 0 fully saturated rings. The van der Waals surface area contributed by atoms with Crippen LogP contribution in [0.2, 0.25) is 0 Å². The minimum atomic E-state index is 0.767. The van der Waals surface area contributed by atoms with E-state index in [2.05, 4.69) is 36.9 Å². The molecule has 0 aliphatic carbocycles. The molecule has 0 saturated carbocycles. The molecule has 0 atom stereocenters. The number of hydrogen-bond donors (Lipinski definition) is 1. The molecule has 0 aromatic heterocycles. The summed E-state index contributed by atoms with van der Waals surface area (Å²) in [6, 6.07) is 10.2. The Morgan fingerprint density at radius 1 is 1.10 bits per heavy atom. The highest BCUT2D eigenvalue weighted by Crippen LogP contribution is 2.17. The second-order valence-corrected chi connectivity index (χ2v) is 4.44. The Kier molecular flexibility index (Phi) is 8.08. The van der Waals surface area contributed by atoms with E-state index in [9.17, 15) is 0 Å². The van der Waals surface area contributed by atoms with Gasteiger partial charge in [-0.25, -0.2) is 0 Å². The second kappa shape index (κ2) is 10.3. The van der Waals surface area contributed by atoms with Crippen molar-refractivity contribution in [3.8, 4) is 0 Å². The highest BCUT2D eigenvalue weighted by atomic mass is 14.5. The van der Waals surface area contributed by atoms with Crippen LogP contribution in [-0.2, 0) is 0 Å². The molecule has 21 heavy (non-hydrogen) atoms. The van der Waals surface area contributed by atoms with Gasteiger partial charge in [-0.3, -0.25) is 0 Å². The zero-order valence-electron chi connectivity index (χ0n) is 12.6. The lowest BCUT2D eigenvalue weighted by Gasteiger charge is -2.03. The van der Waals surface area contributed by atoms with E-state index in [1.165, 1.54) is 0 Å². The van der Waals surface area contributed by atoms with Gasteiger partial charge in [-0.1, -0.05) is 85.5 Å². The van der Waals surface area contributed by atoms with Gasteiger partial charge in [0.1, 0.15) is 0 Å². The Labute approximate surface area is 128 Å². The summed E-state index contributed by atoms with van der Waals surface area (Å²) >= 11 is 0. The first-order valence-corrected chi connectivity index (χ1v) is 7.07. The van der Waals surface area contributed by atoms with Crippen molar-refractivity contribution in [2.75, 3.05) is 0 Å². The molecule has 1 heteroatoms. The molecule has 0 amide bonds. The van der Waals surface area contributed by atoms with E-state index in [1.807, 2.05) is 55.5 Å². The molecule has 0 unspecified atom stereocenters. The van der Waals surface area contributed by atoms with Crippen molar-refractivity contribution in [1.82, 2.24) is 0 Å². The van der Waals surface area contributed by atoms with Crippen LogP contribution < -0.4 is 5.73 Å². The van der Waals surface area contributed by atoms with E-state index < -0.39 is 0 Å². The van der Waals surface area contributed by atoms with Crippen molar-refractivity contribution in [3.63, 3.8) is 0 Å². The van der Waals surface area contributed by atoms with E-state index in [0.29, 0.717) is 0 Å². The van der Waals surface area contributed by atoms with Crippen LogP contribution in [-0.4, -0.2) is 0 Å². The van der Waals surface area contributed by atoms with Crippen molar-refractivity contribution in [2.45, 2.75) is 13.3 Å². The smallest absolute Gasteiger partial charge is 0.0276 e. The molecular formula is C20H23N. The number of benzene rings is 1. The Hall–Kier alpha value is -2.54. The number of allylic oxidation sites excluding steroid dienone is 10. The largest absolute Gasteiger partial charge is 0.399 e. The molecular weight excluding hydrogens is 254 g/mol. The SMILES string of the molecule is C=C/C=C\C=C/C/C=C/C(=C\C(N)=C/C)c1ccccc1. The maximum atomic E-state index is 5.91.